The molecule has 0 spiro atoms. The maximum absolute atomic E-state index is 6.16. The zero-order chi connectivity index (χ0) is 15.0. The number of aromatic nitrogens is 2. The van der Waals surface area contributed by atoms with E-state index in [1.54, 1.807) is 11.3 Å². The summed E-state index contributed by atoms with van der Waals surface area (Å²) in [6.07, 6.45) is 2.02. The van der Waals surface area contributed by atoms with Gasteiger partial charge in [0.05, 0.1) is 5.69 Å². The zero-order valence-corrected chi connectivity index (χ0v) is 14.7. The molecule has 0 unspecified atom stereocenters. The third-order valence-corrected chi connectivity index (χ3v) is 4.74. The van der Waals surface area contributed by atoms with Gasteiger partial charge in [0.25, 0.3) is 0 Å². The van der Waals surface area contributed by atoms with Crippen LogP contribution in [0.2, 0.25) is 0 Å². The van der Waals surface area contributed by atoms with Gasteiger partial charge in [-0.3, -0.25) is 4.40 Å². The van der Waals surface area contributed by atoms with Crippen molar-refractivity contribution in [2.24, 2.45) is 0 Å². The molecule has 0 radical (unpaired) electrons. The molecule has 0 saturated carbocycles. The molecule has 2 aromatic heterocycles. The van der Waals surface area contributed by atoms with Crippen LogP contribution in [0.15, 0.2) is 29.8 Å². The van der Waals surface area contributed by atoms with Gasteiger partial charge in [-0.05, 0) is 30.0 Å². The zero-order valence-electron chi connectivity index (χ0n) is 12.3. The number of nitrogens with zero attached hydrogens (tertiary/aromatic N) is 2. The van der Waals surface area contributed by atoms with E-state index in [-0.39, 0.29) is 0 Å². The number of fused-ring (bicyclic) bond motifs is 1. The predicted octanol–water partition coefficient (Wildman–Crippen LogP) is 5.51. The van der Waals surface area contributed by atoms with E-state index in [1.807, 2.05) is 11.6 Å². The van der Waals surface area contributed by atoms with Crippen LogP contribution in [0.5, 0.6) is 11.6 Å². The fourth-order valence-electron chi connectivity index (χ4n) is 2.33. The molecule has 0 fully saturated rings. The van der Waals surface area contributed by atoms with Gasteiger partial charge >= 0.3 is 0 Å². The number of benzene rings is 1. The Labute approximate surface area is 136 Å². The van der Waals surface area contributed by atoms with Gasteiger partial charge in [-0.1, -0.05) is 41.9 Å². The number of hydrogen-bond acceptors (Lipinski definition) is 3. The third kappa shape index (κ3) is 2.72. The Kier molecular flexibility index (Phi) is 4.04. The highest BCUT2D eigenvalue weighted by Gasteiger charge is 2.16. The van der Waals surface area contributed by atoms with E-state index >= 15 is 0 Å². The first-order chi connectivity index (χ1) is 10.1. The minimum atomic E-state index is 0.414. The van der Waals surface area contributed by atoms with Crippen molar-refractivity contribution in [1.29, 1.82) is 0 Å². The first-order valence-corrected chi connectivity index (χ1v) is 8.89. The van der Waals surface area contributed by atoms with Crippen LogP contribution in [-0.2, 0) is 5.33 Å². The molecule has 0 aliphatic heterocycles. The van der Waals surface area contributed by atoms with Crippen LogP contribution in [0.3, 0.4) is 0 Å². The number of imidazole rings is 1. The minimum Gasteiger partial charge on any atom is -0.437 e. The van der Waals surface area contributed by atoms with E-state index in [1.165, 1.54) is 11.1 Å². The molecule has 2 heterocycles. The SMILES string of the molecule is Cc1ccc(C(C)C)c(Oc2nc3sccn3c2CBr)c1. The Morgan fingerprint density at radius 2 is 2.19 bits per heavy atom. The van der Waals surface area contributed by atoms with E-state index in [4.69, 9.17) is 4.74 Å². The van der Waals surface area contributed by atoms with Crippen molar-refractivity contribution in [2.45, 2.75) is 32.0 Å². The highest BCUT2D eigenvalue weighted by Crippen LogP contribution is 2.34. The Morgan fingerprint density at radius 3 is 2.90 bits per heavy atom. The Hall–Kier alpha value is -1.33. The summed E-state index contributed by atoms with van der Waals surface area (Å²) in [7, 11) is 0. The highest BCUT2D eigenvalue weighted by atomic mass is 79.9. The van der Waals surface area contributed by atoms with E-state index in [9.17, 15) is 0 Å². The average Bonchev–Trinajstić information content (AvgIpc) is 2.98. The fourth-order valence-corrected chi connectivity index (χ4v) is 3.56. The second-order valence-electron chi connectivity index (χ2n) is 5.35. The summed E-state index contributed by atoms with van der Waals surface area (Å²) in [4.78, 5) is 5.55. The second kappa shape index (κ2) is 5.81. The first kappa shape index (κ1) is 14.6. The van der Waals surface area contributed by atoms with Gasteiger partial charge in [0.1, 0.15) is 5.75 Å². The first-order valence-electron chi connectivity index (χ1n) is 6.89. The normalized spacial score (nSPS) is 11.5. The molecule has 0 saturated heterocycles. The lowest BCUT2D eigenvalue weighted by Gasteiger charge is -2.14. The predicted molar refractivity (Wildman–Crippen MR) is 91.0 cm³/mol. The molecule has 0 aliphatic rings. The molecule has 0 bridgehead atoms. The number of alkyl halides is 1. The fraction of sp³-hybridized carbons (Fsp3) is 0.312. The molecular formula is C16H17BrN2OS. The Bertz CT molecular complexity index is 776. The van der Waals surface area contributed by atoms with Crippen molar-refractivity contribution in [1.82, 2.24) is 9.38 Å². The smallest absolute Gasteiger partial charge is 0.243 e. The Balaban J connectivity index is 2.05. The summed E-state index contributed by atoms with van der Waals surface area (Å²) in [5.41, 5.74) is 3.44. The summed E-state index contributed by atoms with van der Waals surface area (Å²) in [6, 6.07) is 6.35. The molecule has 3 aromatic rings. The summed E-state index contributed by atoms with van der Waals surface area (Å²) < 4.78 is 8.23. The van der Waals surface area contributed by atoms with Crippen LogP contribution < -0.4 is 4.74 Å². The van der Waals surface area contributed by atoms with Crippen molar-refractivity contribution in [2.75, 3.05) is 0 Å². The summed E-state index contributed by atoms with van der Waals surface area (Å²) in [5.74, 6) is 2.00. The molecule has 0 N–H and O–H groups in total. The third-order valence-electron chi connectivity index (χ3n) is 3.45. The van der Waals surface area contributed by atoms with Gasteiger partial charge in [0, 0.05) is 16.9 Å². The van der Waals surface area contributed by atoms with Crippen LogP contribution in [0.1, 0.15) is 36.6 Å². The number of ether oxygens (including phenoxy) is 1. The second-order valence-corrected chi connectivity index (χ2v) is 6.78. The van der Waals surface area contributed by atoms with Gasteiger partial charge < -0.3 is 4.74 Å². The van der Waals surface area contributed by atoms with Crippen molar-refractivity contribution >= 4 is 32.2 Å². The molecule has 0 aliphatic carbocycles. The van der Waals surface area contributed by atoms with Gasteiger partial charge in [-0.15, -0.1) is 11.3 Å². The van der Waals surface area contributed by atoms with Crippen LogP contribution in [0.25, 0.3) is 4.96 Å². The molecule has 5 heteroatoms. The average molecular weight is 365 g/mol. The van der Waals surface area contributed by atoms with Gasteiger partial charge in [-0.25, -0.2) is 0 Å². The molecule has 3 rings (SSSR count). The van der Waals surface area contributed by atoms with Crippen LogP contribution in [0.4, 0.5) is 0 Å². The maximum Gasteiger partial charge on any atom is 0.243 e. The molecular weight excluding hydrogens is 348 g/mol. The monoisotopic (exact) mass is 364 g/mol. The number of halogens is 1. The lowest BCUT2D eigenvalue weighted by molar-refractivity contribution is 0.453. The van der Waals surface area contributed by atoms with E-state index in [2.05, 4.69) is 64.3 Å². The molecule has 0 atom stereocenters. The van der Waals surface area contributed by atoms with Crippen molar-refractivity contribution in [3.63, 3.8) is 0 Å². The van der Waals surface area contributed by atoms with Crippen LogP contribution >= 0.6 is 27.3 Å². The summed E-state index contributed by atoms with van der Waals surface area (Å²) >= 11 is 5.15. The number of hydrogen-bond donors (Lipinski definition) is 0. The summed E-state index contributed by atoms with van der Waals surface area (Å²) in [6.45, 7) is 6.43. The van der Waals surface area contributed by atoms with Crippen LogP contribution in [-0.4, -0.2) is 9.38 Å². The molecule has 110 valence electrons. The van der Waals surface area contributed by atoms with Crippen LogP contribution in [0, 0.1) is 6.92 Å². The quantitative estimate of drug-likeness (QED) is 0.570. The van der Waals surface area contributed by atoms with E-state index in [0.717, 1.165) is 16.4 Å². The molecule has 3 nitrogen and oxygen atoms in total. The van der Waals surface area contributed by atoms with Crippen molar-refractivity contribution in [3.05, 3.63) is 46.6 Å². The Morgan fingerprint density at radius 1 is 1.38 bits per heavy atom. The molecule has 21 heavy (non-hydrogen) atoms. The molecule has 0 amide bonds. The van der Waals surface area contributed by atoms with Crippen molar-refractivity contribution in [3.8, 4) is 11.6 Å². The largest absolute Gasteiger partial charge is 0.437 e. The number of thiazole rings is 1. The van der Waals surface area contributed by atoms with Gasteiger partial charge in [-0.2, -0.15) is 4.98 Å². The van der Waals surface area contributed by atoms with Gasteiger partial charge in [0.15, 0.2) is 4.96 Å². The lowest BCUT2D eigenvalue weighted by Crippen LogP contribution is -1.97. The van der Waals surface area contributed by atoms with Gasteiger partial charge in [0.2, 0.25) is 5.88 Å². The summed E-state index contributed by atoms with van der Waals surface area (Å²) in [5, 5.41) is 2.74. The number of rotatable bonds is 4. The van der Waals surface area contributed by atoms with E-state index in [0.29, 0.717) is 17.1 Å². The lowest BCUT2D eigenvalue weighted by atomic mass is 10.0. The highest BCUT2D eigenvalue weighted by molar-refractivity contribution is 9.08. The van der Waals surface area contributed by atoms with Crippen molar-refractivity contribution < 1.29 is 4.74 Å². The maximum atomic E-state index is 6.16. The minimum absolute atomic E-state index is 0.414. The topological polar surface area (TPSA) is 26.5 Å². The van der Waals surface area contributed by atoms with E-state index < -0.39 is 0 Å². The number of aryl methyl sites for hydroxylation is 1. The standard InChI is InChI=1S/C16H17BrN2OS/c1-10(2)12-5-4-11(3)8-14(12)20-15-13(9-17)19-6-7-21-16(19)18-15/h4-8,10H,9H2,1-3H3. The molecule has 1 aromatic carbocycles.